The van der Waals surface area contributed by atoms with Gasteiger partial charge >= 0.3 is 11.9 Å². The van der Waals surface area contributed by atoms with Gasteiger partial charge in [-0.1, -0.05) is 34.7 Å². The highest BCUT2D eigenvalue weighted by Gasteiger charge is 2.42. The van der Waals surface area contributed by atoms with E-state index in [1.165, 1.54) is 25.3 Å². The first-order valence-corrected chi connectivity index (χ1v) is 10.2. The largest absolute Gasteiger partial charge is 0.468 e. The lowest BCUT2D eigenvalue weighted by atomic mass is 9.75. The fourth-order valence-corrected chi connectivity index (χ4v) is 3.53. The minimum atomic E-state index is -0.872. The number of carbonyl (C=O) groups excluding carboxylic acids is 2. The summed E-state index contributed by atoms with van der Waals surface area (Å²) in [7, 11) is 1.25. The van der Waals surface area contributed by atoms with Crippen molar-refractivity contribution in [2.45, 2.75) is 26.2 Å². The maximum Gasteiger partial charge on any atom is 0.336 e. The number of alkyl halides is 1. The summed E-state index contributed by atoms with van der Waals surface area (Å²) in [5.74, 6) is -2.80. The molecule has 8 nitrogen and oxygen atoms in total. The quantitative estimate of drug-likeness (QED) is 0.141. The first-order valence-electron chi connectivity index (χ1n) is 8.63. The zero-order valence-electron chi connectivity index (χ0n) is 15.8. The molecule has 0 N–H and O–H groups in total. The van der Waals surface area contributed by atoms with Crippen LogP contribution in [-0.2, 0) is 19.1 Å². The summed E-state index contributed by atoms with van der Waals surface area (Å²) in [6, 6.07) is 5.90. The Labute approximate surface area is 176 Å². The molecule has 9 heteroatoms. The number of esters is 2. The molecular weight excluding hydrogens is 479 g/mol. The number of allylic oxidation sites excluding steroid dienone is 1. The van der Waals surface area contributed by atoms with Gasteiger partial charge in [0.25, 0.3) is 5.69 Å². The van der Waals surface area contributed by atoms with Crippen LogP contribution in [0.25, 0.3) is 0 Å². The number of nitrogens with zero attached hydrogens (tertiary/aromatic N) is 2. The standard InChI is InChI=1S/C19H21IN2O6/c1-11-15(18(23)27-3)17(13-6-4-7-14(10-13)22(25)26)16(12(2)21-11)19(24)28-9-5-8-20/h4,6-7,10,15,17H,5,8-9H2,1-3H3/t15?,17-/m1/s1. The fraction of sp³-hybridized carbons (Fsp3) is 0.421. The Morgan fingerprint density at radius 3 is 2.64 bits per heavy atom. The lowest BCUT2D eigenvalue weighted by molar-refractivity contribution is -0.384. The predicted molar refractivity (Wildman–Crippen MR) is 112 cm³/mol. The molecule has 1 aliphatic rings. The second kappa shape index (κ2) is 9.76. The summed E-state index contributed by atoms with van der Waals surface area (Å²) in [5, 5.41) is 11.2. The third kappa shape index (κ3) is 4.75. The zero-order chi connectivity index (χ0) is 20.8. The smallest absolute Gasteiger partial charge is 0.336 e. The summed E-state index contributed by atoms with van der Waals surface area (Å²) < 4.78 is 11.1. The van der Waals surface area contributed by atoms with Crippen LogP contribution in [0, 0.1) is 16.0 Å². The van der Waals surface area contributed by atoms with Crippen LogP contribution in [0.5, 0.6) is 0 Å². The molecule has 150 valence electrons. The van der Waals surface area contributed by atoms with Crippen molar-refractivity contribution in [3.05, 3.63) is 51.2 Å². The zero-order valence-corrected chi connectivity index (χ0v) is 18.0. The van der Waals surface area contributed by atoms with Crippen molar-refractivity contribution in [2.75, 3.05) is 18.1 Å². The van der Waals surface area contributed by atoms with Gasteiger partial charge < -0.3 is 9.47 Å². The normalized spacial score (nSPS) is 19.1. The second-order valence-electron chi connectivity index (χ2n) is 6.26. The van der Waals surface area contributed by atoms with Crippen LogP contribution in [-0.4, -0.2) is 40.7 Å². The number of carbonyl (C=O) groups is 2. The van der Waals surface area contributed by atoms with Gasteiger partial charge in [0.05, 0.1) is 24.2 Å². The Kier molecular flexibility index (Phi) is 7.67. The Morgan fingerprint density at radius 1 is 1.32 bits per heavy atom. The van der Waals surface area contributed by atoms with E-state index < -0.39 is 28.7 Å². The number of rotatable bonds is 7. The number of halogens is 1. The van der Waals surface area contributed by atoms with E-state index in [0.29, 0.717) is 23.4 Å². The van der Waals surface area contributed by atoms with Crippen LogP contribution in [0.1, 0.15) is 31.7 Å². The molecule has 28 heavy (non-hydrogen) atoms. The molecule has 0 fully saturated rings. The lowest BCUT2D eigenvalue weighted by Gasteiger charge is -2.31. The van der Waals surface area contributed by atoms with E-state index in [4.69, 9.17) is 9.47 Å². The third-order valence-corrected chi connectivity index (χ3v) is 5.22. The van der Waals surface area contributed by atoms with Crippen molar-refractivity contribution in [3.63, 3.8) is 0 Å². The SMILES string of the molecule is COC(=O)C1C(C)=NC(C)=C(C(=O)OCCCI)[C@@H]1c1cccc([N+](=O)[O-])c1. The molecular formula is C19H21IN2O6. The van der Waals surface area contributed by atoms with Gasteiger partial charge in [-0.3, -0.25) is 19.9 Å². The first kappa shape index (κ1) is 22.0. The van der Waals surface area contributed by atoms with Crippen molar-refractivity contribution in [1.29, 1.82) is 0 Å². The van der Waals surface area contributed by atoms with Crippen LogP contribution < -0.4 is 0 Å². The van der Waals surface area contributed by atoms with Crippen LogP contribution in [0.2, 0.25) is 0 Å². The lowest BCUT2D eigenvalue weighted by Crippen LogP contribution is -2.36. The molecule has 0 saturated heterocycles. The second-order valence-corrected chi connectivity index (χ2v) is 7.34. The molecule has 0 amide bonds. The predicted octanol–water partition coefficient (Wildman–Crippen LogP) is 3.58. The van der Waals surface area contributed by atoms with E-state index in [9.17, 15) is 19.7 Å². The van der Waals surface area contributed by atoms with Gasteiger partial charge in [-0.05, 0) is 25.8 Å². The maximum atomic E-state index is 12.8. The number of nitro groups is 1. The molecule has 0 radical (unpaired) electrons. The molecule has 1 aromatic carbocycles. The third-order valence-electron chi connectivity index (χ3n) is 4.45. The molecule has 0 aromatic heterocycles. The number of methoxy groups -OCH3 is 1. The molecule has 2 atom stereocenters. The molecule has 1 heterocycles. The summed E-state index contributed by atoms with van der Waals surface area (Å²) in [5.41, 5.74) is 1.45. The van der Waals surface area contributed by atoms with Crippen LogP contribution >= 0.6 is 22.6 Å². The van der Waals surface area contributed by atoms with Gasteiger partial charge in [-0.15, -0.1) is 0 Å². The van der Waals surface area contributed by atoms with E-state index in [1.54, 1.807) is 19.9 Å². The minimum Gasteiger partial charge on any atom is -0.468 e. The summed E-state index contributed by atoms with van der Waals surface area (Å²) in [6.45, 7) is 3.58. The van der Waals surface area contributed by atoms with E-state index in [0.717, 1.165) is 4.43 Å². The van der Waals surface area contributed by atoms with Crippen LogP contribution in [0.15, 0.2) is 40.5 Å². The number of benzene rings is 1. The van der Waals surface area contributed by atoms with E-state index in [2.05, 4.69) is 27.6 Å². The van der Waals surface area contributed by atoms with Gasteiger partial charge in [0, 0.05) is 33.9 Å². The molecule has 0 aliphatic carbocycles. The first-order chi connectivity index (χ1) is 13.3. The summed E-state index contributed by atoms with van der Waals surface area (Å²) in [4.78, 5) is 40.4. The topological polar surface area (TPSA) is 108 Å². The van der Waals surface area contributed by atoms with Gasteiger partial charge in [0.2, 0.25) is 0 Å². The Balaban J connectivity index is 2.59. The number of aliphatic imine (C=N–C) groups is 1. The number of nitro benzene ring substituents is 1. The molecule has 0 bridgehead atoms. The van der Waals surface area contributed by atoms with E-state index in [1.807, 2.05) is 0 Å². The highest BCUT2D eigenvalue weighted by atomic mass is 127. The summed E-state index contributed by atoms with van der Waals surface area (Å²) >= 11 is 2.19. The van der Waals surface area contributed by atoms with Crippen molar-refractivity contribution in [1.82, 2.24) is 0 Å². The van der Waals surface area contributed by atoms with Crippen LogP contribution in [0.3, 0.4) is 0 Å². The Bertz CT molecular complexity index is 849. The highest BCUT2D eigenvalue weighted by molar-refractivity contribution is 14.1. The molecule has 1 aromatic rings. The number of non-ortho nitro benzene ring substituents is 1. The number of ether oxygens (including phenoxy) is 2. The number of hydrogen-bond donors (Lipinski definition) is 0. The molecule has 1 unspecified atom stereocenters. The monoisotopic (exact) mass is 500 g/mol. The van der Waals surface area contributed by atoms with Crippen LogP contribution in [0.4, 0.5) is 5.69 Å². The molecule has 2 rings (SSSR count). The summed E-state index contributed by atoms with van der Waals surface area (Å²) in [6.07, 6.45) is 0.697. The molecule has 1 aliphatic heterocycles. The maximum absolute atomic E-state index is 12.8. The van der Waals surface area contributed by atoms with Gasteiger partial charge in [0.15, 0.2) is 0 Å². The highest BCUT2D eigenvalue weighted by Crippen LogP contribution is 2.40. The molecule has 0 saturated carbocycles. The van der Waals surface area contributed by atoms with E-state index in [-0.39, 0.29) is 17.9 Å². The van der Waals surface area contributed by atoms with Gasteiger partial charge in [0.1, 0.15) is 5.92 Å². The number of hydrogen-bond acceptors (Lipinski definition) is 7. The Morgan fingerprint density at radius 2 is 2.04 bits per heavy atom. The minimum absolute atomic E-state index is 0.128. The fourth-order valence-electron chi connectivity index (χ4n) is 3.22. The average Bonchev–Trinajstić information content (AvgIpc) is 2.67. The van der Waals surface area contributed by atoms with Crippen molar-refractivity contribution in [2.24, 2.45) is 10.9 Å². The van der Waals surface area contributed by atoms with E-state index >= 15 is 0 Å². The van der Waals surface area contributed by atoms with Crippen molar-refractivity contribution in [3.8, 4) is 0 Å². The van der Waals surface area contributed by atoms with Crippen molar-refractivity contribution >= 4 is 45.9 Å². The molecule has 0 spiro atoms. The average molecular weight is 500 g/mol. The Hall–Kier alpha value is -2.30. The van der Waals surface area contributed by atoms with Crippen molar-refractivity contribution < 1.29 is 24.0 Å². The van der Waals surface area contributed by atoms with Gasteiger partial charge in [-0.25, -0.2) is 4.79 Å². The van der Waals surface area contributed by atoms with Gasteiger partial charge in [-0.2, -0.15) is 0 Å².